The molecule has 0 bridgehead atoms. The van der Waals surface area contributed by atoms with Crippen LogP contribution in [-0.4, -0.2) is 34.3 Å². The van der Waals surface area contributed by atoms with Crippen molar-refractivity contribution in [2.45, 2.75) is 6.42 Å². The fourth-order valence-electron chi connectivity index (χ4n) is 2.06. The number of hydrogen-bond acceptors (Lipinski definition) is 5. The Labute approximate surface area is 132 Å². The molecule has 0 aliphatic rings. The zero-order valence-corrected chi connectivity index (χ0v) is 12.3. The molecular weight excluding hydrogens is 296 g/mol. The lowest BCUT2D eigenvalue weighted by Gasteiger charge is -2.06. The summed E-state index contributed by atoms with van der Waals surface area (Å²) in [5.74, 6) is 0.435. The molecule has 0 fully saturated rings. The molecule has 0 saturated carbocycles. The van der Waals surface area contributed by atoms with Crippen molar-refractivity contribution in [3.8, 4) is 11.6 Å². The van der Waals surface area contributed by atoms with Gasteiger partial charge in [-0.15, -0.1) is 0 Å². The highest BCUT2D eigenvalue weighted by Gasteiger charge is 2.10. The normalized spacial score (nSPS) is 10.7. The highest BCUT2D eigenvalue weighted by atomic mass is 16.3. The van der Waals surface area contributed by atoms with Crippen LogP contribution in [0.5, 0.6) is 0 Å². The van der Waals surface area contributed by atoms with E-state index in [0.717, 1.165) is 0 Å². The molecule has 7 heteroatoms. The number of fused-ring (bicyclic) bond motifs is 1. The molecule has 2 aromatic heterocycles. The number of urea groups is 1. The van der Waals surface area contributed by atoms with Crippen LogP contribution in [0.2, 0.25) is 0 Å². The molecule has 3 rings (SSSR count). The van der Waals surface area contributed by atoms with Crippen molar-refractivity contribution in [1.29, 1.82) is 0 Å². The summed E-state index contributed by atoms with van der Waals surface area (Å²) in [4.78, 5) is 20.3. The van der Waals surface area contributed by atoms with Crippen LogP contribution >= 0.6 is 0 Å². The molecule has 2 heterocycles. The molecule has 0 atom stereocenters. The predicted molar refractivity (Wildman–Crippen MR) is 86.0 cm³/mol. The first-order chi connectivity index (χ1) is 11.3. The number of rotatable bonds is 5. The summed E-state index contributed by atoms with van der Waals surface area (Å²) >= 11 is 0. The number of aliphatic hydroxyl groups is 1. The second kappa shape index (κ2) is 6.89. The minimum absolute atomic E-state index is 0.0423. The van der Waals surface area contributed by atoms with Crippen molar-refractivity contribution < 1.29 is 14.3 Å². The van der Waals surface area contributed by atoms with Crippen molar-refractivity contribution in [1.82, 2.24) is 15.3 Å². The topological polar surface area (TPSA) is 100 Å². The van der Waals surface area contributed by atoms with Crippen LogP contribution in [0, 0.1) is 0 Å². The van der Waals surface area contributed by atoms with E-state index in [1.54, 1.807) is 24.4 Å². The van der Waals surface area contributed by atoms with Gasteiger partial charge in [0.15, 0.2) is 5.58 Å². The zero-order valence-electron chi connectivity index (χ0n) is 12.3. The van der Waals surface area contributed by atoms with Gasteiger partial charge >= 0.3 is 6.03 Å². The lowest BCUT2D eigenvalue weighted by Crippen LogP contribution is -2.29. The number of oxazole rings is 1. The average molecular weight is 312 g/mol. The second-order valence-electron chi connectivity index (χ2n) is 4.87. The van der Waals surface area contributed by atoms with Gasteiger partial charge < -0.3 is 20.2 Å². The number of benzene rings is 1. The van der Waals surface area contributed by atoms with Crippen molar-refractivity contribution in [2.75, 3.05) is 18.5 Å². The number of carbonyl (C=O) groups excluding carboxylic acids is 1. The molecule has 7 nitrogen and oxygen atoms in total. The van der Waals surface area contributed by atoms with Gasteiger partial charge in [-0.05, 0) is 30.7 Å². The van der Waals surface area contributed by atoms with Crippen LogP contribution in [0.3, 0.4) is 0 Å². The van der Waals surface area contributed by atoms with E-state index in [9.17, 15) is 4.79 Å². The van der Waals surface area contributed by atoms with Crippen LogP contribution in [0.1, 0.15) is 6.42 Å². The molecular formula is C16H16N4O3. The number of hydrogen-bond donors (Lipinski definition) is 3. The summed E-state index contributed by atoms with van der Waals surface area (Å²) in [6.07, 6.45) is 2.19. The smallest absolute Gasteiger partial charge is 0.319 e. The summed E-state index contributed by atoms with van der Waals surface area (Å²) in [7, 11) is 0. The number of aromatic nitrogens is 2. The lowest BCUT2D eigenvalue weighted by atomic mass is 10.3. The van der Waals surface area contributed by atoms with E-state index in [2.05, 4.69) is 20.6 Å². The van der Waals surface area contributed by atoms with E-state index >= 15 is 0 Å². The van der Waals surface area contributed by atoms with Gasteiger partial charge in [0.1, 0.15) is 11.2 Å². The minimum Gasteiger partial charge on any atom is -0.435 e. The van der Waals surface area contributed by atoms with Crippen LogP contribution in [0.4, 0.5) is 10.5 Å². The Kier molecular flexibility index (Phi) is 4.49. The van der Waals surface area contributed by atoms with E-state index in [4.69, 9.17) is 9.52 Å². The Morgan fingerprint density at radius 1 is 1.26 bits per heavy atom. The first kappa shape index (κ1) is 15.0. The summed E-state index contributed by atoms with van der Waals surface area (Å²) in [5.41, 5.74) is 2.51. The summed E-state index contributed by atoms with van der Waals surface area (Å²) in [5, 5.41) is 14.0. The van der Waals surface area contributed by atoms with Gasteiger partial charge in [-0.3, -0.25) is 4.98 Å². The molecule has 0 unspecified atom stereocenters. The third-order valence-electron chi connectivity index (χ3n) is 3.15. The SMILES string of the molecule is O=C(NCCCO)Nc1ccc2nc(-c3ccccn3)oc2c1. The van der Waals surface area contributed by atoms with Gasteiger partial charge in [0.05, 0.1) is 0 Å². The van der Waals surface area contributed by atoms with E-state index in [0.29, 0.717) is 41.3 Å². The summed E-state index contributed by atoms with van der Waals surface area (Å²) < 4.78 is 5.70. The van der Waals surface area contributed by atoms with Gasteiger partial charge in [-0.2, -0.15) is 0 Å². The number of anilines is 1. The second-order valence-corrected chi connectivity index (χ2v) is 4.87. The molecule has 0 saturated heterocycles. The highest BCUT2D eigenvalue weighted by molar-refractivity contribution is 5.91. The molecule has 3 N–H and O–H groups in total. The molecule has 118 valence electrons. The molecule has 0 spiro atoms. The molecule has 0 radical (unpaired) electrons. The number of nitrogens with zero attached hydrogens (tertiary/aromatic N) is 2. The van der Waals surface area contributed by atoms with E-state index in [-0.39, 0.29) is 12.6 Å². The fourth-order valence-corrected chi connectivity index (χ4v) is 2.06. The van der Waals surface area contributed by atoms with Crippen LogP contribution in [0.15, 0.2) is 47.0 Å². The van der Waals surface area contributed by atoms with Gasteiger partial charge in [-0.25, -0.2) is 9.78 Å². The number of pyridine rings is 1. The maximum atomic E-state index is 11.7. The third kappa shape index (κ3) is 3.64. The maximum Gasteiger partial charge on any atom is 0.319 e. The number of carbonyl (C=O) groups is 1. The van der Waals surface area contributed by atoms with Gasteiger partial charge in [-0.1, -0.05) is 6.07 Å². The zero-order chi connectivity index (χ0) is 16.1. The van der Waals surface area contributed by atoms with Gasteiger partial charge in [0.2, 0.25) is 5.89 Å². The van der Waals surface area contributed by atoms with Crippen molar-refractivity contribution in [3.63, 3.8) is 0 Å². The Morgan fingerprint density at radius 3 is 2.96 bits per heavy atom. The van der Waals surface area contributed by atoms with Crippen LogP contribution in [0.25, 0.3) is 22.7 Å². The highest BCUT2D eigenvalue weighted by Crippen LogP contribution is 2.25. The van der Waals surface area contributed by atoms with Crippen LogP contribution < -0.4 is 10.6 Å². The largest absolute Gasteiger partial charge is 0.435 e. The van der Waals surface area contributed by atoms with Crippen molar-refractivity contribution in [2.24, 2.45) is 0 Å². The first-order valence-corrected chi connectivity index (χ1v) is 7.24. The Hall–Kier alpha value is -2.93. The standard InChI is InChI=1S/C16H16N4O3/c21-9-3-8-18-16(22)19-11-5-6-12-14(10-11)23-15(20-12)13-4-1-2-7-17-13/h1-2,4-7,10,21H,3,8-9H2,(H2,18,19,22). The lowest BCUT2D eigenvalue weighted by molar-refractivity contribution is 0.249. The van der Waals surface area contributed by atoms with Crippen LogP contribution in [-0.2, 0) is 0 Å². The Bertz CT molecular complexity index is 801. The van der Waals surface area contributed by atoms with Gasteiger partial charge in [0, 0.05) is 31.1 Å². The minimum atomic E-state index is -0.331. The Morgan fingerprint density at radius 2 is 2.17 bits per heavy atom. The molecule has 0 aliphatic carbocycles. The average Bonchev–Trinajstić information content (AvgIpc) is 2.99. The Balaban J connectivity index is 1.76. The summed E-state index contributed by atoms with van der Waals surface area (Å²) in [6, 6.07) is 10.4. The van der Waals surface area contributed by atoms with Gasteiger partial charge in [0.25, 0.3) is 0 Å². The number of amides is 2. The molecule has 3 aromatic rings. The molecule has 0 aliphatic heterocycles. The van der Waals surface area contributed by atoms with E-state index in [1.807, 2.05) is 18.2 Å². The van der Waals surface area contributed by atoms with E-state index < -0.39 is 0 Å². The molecule has 2 amide bonds. The summed E-state index contributed by atoms with van der Waals surface area (Å²) in [6.45, 7) is 0.456. The molecule has 23 heavy (non-hydrogen) atoms. The monoisotopic (exact) mass is 312 g/mol. The maximum absolute atomic E-state index is 11.7. The van der Waals surface area contributed by atoms with Crippen molar-refractivity contribution >= 4 is 22.8 Å². The first-order valence-electron chi connectivity index (χ1n) is 7.24. The number of aliphatic hydroxyl groups excluding tert-OH is 1. The third-order valence-corrected chi connectivity index (χ3v) is 3.15. The van der Waals surface area contributed by atoms with E-state index in [1.165, 1.54) is 0 Å². The predicted octanol–water partition coefficient (Wildman–Crippen LogP) is 2.39. The van der Waals surface area contributed by atoms with Crippen molar-refractivity contribution in [3.05, 3.63) is 42.6 Å². The fraction of sp³-hybridized carbons (Fsp3) is 0.188. The molecule has 1 aromatic carbocycles. The quantitative estimate of drug-likeness (QED) is 0.628. The number of nitrogens with one attached hydrogen (secondary N) is 2.